The highest BCUT2D eigenvalue weighted by molar-refractivity contribution is 5.60. The number of nitrogens with zero attached hydrogens (tertiary/aromatic N) is 2. The van der Waals surface area contributed by atoms with E-state index < -0.39 is 0 Å². The van der Waals surface area contributed by atoms with Gasteiger partial charge in [0, 0.05) is 31.3 Å². The van der Waals surface area contributed by atoms with E-state index in [4.69, 9.17) is 0 Å². The molecule has 2 heterocycles. The van der Waals surface area contributed by atoms with Gasteiger partial charge in [-0.15, -0.1) is 0 Å². The third kappa shape index (κ3) is 2.46. The maximum absolute atomic E-state index is 12.9. The largest absolute Gasteiger partial charge is 0.372 e. The lowest BCUT2D eigenvalue weighted by Crippen LogP contribution is -2.25. The molecule has 0 saturated carbocycles. The molecule has 0 fully saturated rings. The average Bonchev–Trinajstić information content (AvgIpc) is 2.63. The fourth-order valence-corrected chi connectivity index (χ4v) is 3.08. The first kappa shape index (κ1) is 13.9. The Bertz CT molecular complexity index is 731. The minimum atomic E-state index is -0.262. The molecule has 21 heavy (non-hydrogen) atoms. The molecule has 1 aliphatic rings. The molecule has 0 N–H and O–H groups in total. The zero-order valence-electron chi connectivity index (χ0n) is 12.6. The smallest absolute Gasteiger partial charge is 0.251 e. The maximum Gasteiger partial charge on any atom is 0.251 e. The van der Waals surface area contributed by atoms with Crippen LogP contribution >= 0.6 is 0 Å². The molecule has 3 nitrogen and oxygen atoms in total. The monoisotopic (exact) mass is 286 g/mol. The topological polar surface area (TPSA) is 25.2 Å². The number of pyridine rings is 1. The summed E-state index contributed by atoms with van der Waals surface area (Å²) in [5.74, 6) is -0.262. The molecule has 0 amide bonds. The maximum atomic E-state index is 12.9. The molecule has 0 bridgehead atoms. The molecule has 0 radical (unpaired) electrons. The number of hydrogen-bond donors (Lipinski definition) is 0. The molecule has 0 aliphatic carbocycles. The van der Waals surface area contributed by atoms with Crippen LogP contribution in [0, 0.1) is 5.82 Å². The van der Waals surface area contributed by atoms with Crippen molar-refractivity contribution in [1.82, 2.24) is 4.57 Å². The van der Waals surface area contributed by atoms with E-state index in [1.807, 2.05) is 13.2 Å². The van der Waals surface area contributed by atoms with Crippen LogP contribution in [0.5, 0.6) is 0 Å². The molecule has 1 aliphatic heterocycles. The molecule has 0 saturated heterocycles. The second-order valence-corrected chi connectivity index (χ2v) is 6.40. The van der Waals surface area contributed by atoms with Crippen LogP contribution in [0.4, 0.5) is 10.1 Å². The summed E-state index contributed by atoms with van der Waals surface area (Å²) in [4.78, 5) is 14.5. The molecule has 0 spiro atoms. The van der Waals surface area contributed by atoms with Crippen LogP contribution in [0.3, 0.4) is 0 Å². The molecule has 2 aromatic rings. The number of benzene rings is 1. The van der Waals surface area contributed by atoms with Crippen molar-refractivity contribution in [3.8, 4) is 0 Å². The van der Waals surface area contributed by atoms with Crippen LogP contribution in [0.1, 0.15) is 25.0 Å². The van der Waals surface area contributed by atoms with E-state index in [2.05, 4.69) is 18.7 Å². The van der Waals surface area contributed by atoms with Gasteiger partial charge in [0.1, 0.15) is 5.82 Å². The van der Waals surface area contributed by atoms with Crippen LogP contribution in [-0.4, -0.2) is 18.2 Å². The van der Waals surface area contributed by atoms with Crippen LogP contribution in [0.15, 0.2) is 41.3 Å². The number of rotatable bonds is 2. The summed E-state index contributed by atoms with van der Waals surface area (Å²) in [5, 5.41) is 0. The Balaban J connectivity index is 2.00. The second kappa shape index (κ2) is 4.72. The molecule has 0 unspecified atom stereocenters. The summed E-state index contributed by atoms with van der Waals surface area (Å²) >= 11 is 0. The van der Waals surface area contributed by atoms with Crippen molar-refractivity contribution in [2.24, 2.45) is 0 Å². The summed E-state index contributed by atoms with van der Waals surface area (Å²) in [6, 6.07) is 8.00. The van der Waals surface area contributed by atoms with Crippen LogP contribution < -0.4 is 10.5 Å². The molecule has 1 aromatic heterocycles. The number of likely N-dealkylation sites (N-methyl/N-ethyl adjacent to an activating group) is 1. The van der Waals surface area contributed by atoms with Crippen LogP contribution in [-0.2, 0) is 12.0 Å². The van der Waals surface area contributed by atoms with Crippen LogP contribution in [0.2, 0.25) is 0 Å². The van der Waals surface area contributed by atoms with Gasteiger partial charge < -0.3 is 9.47 Å². The summed E-state index contributed by atoms with van der Waals surface area (Å²) in [6.45, 7) is 5.67. The molecule has 1 aromatic carbocycles. The lowest BCUT2D eigenvalue weighted by Gasteiger charge is -2.18. The van der Waals surface area contributed by atoms with E-state index in [9.17, 15) is 9.18 Å². The lowest BCUT2D eigenvalue weighted by molar-refractivity contribution is 0.562. The highest BCUT2D eigenvalue weighted by Crippen LogP contribution is 2.38. The van der Waals surface area contributed by atoms with E-state index in [0.29, 0.717) is 6.54 Å². The van der Waals surface area contributed by atoms with E-state index in [1.165, 1.54) is 12.1 Å². The van der Waals surface area contributed by atoms with E-state index in [-0.39, 0.29) is 16.8 Å². The summed E-state index contributed by atoms with van der Waals surface area (Å²) in [6.07, 6.45) is 1.91. The Labute approximate surface area is 123 Å². The average molecular weight is 286 g/mol. The minimum absolute atomic E-state index is 0.00178. The van der Waals surface area contributed by atoms with Crippen molar-refractivity contribution in [3.05, 3.63) is 63.8 Å². The molecular weight excluding hydrogens is 267 g/mol. The van der Waals surface area contributed by atoms with Crippen molar-refractivity contribution in [1.29, 1.82) is 0 Å². The Hall–Kier alpha value is -2.10. The first-order chi connectivity index (χ1) is 9.87. The summed E-state index contributed by atoms with van der Waals surface area (Å²) < 4.78 is 14.6. The predicted octanol–water partition coefficient (Wildman–Crippen LogP) is 2.76. The van der Waals surface area contributed by atoms with Gasteiger partial charge in [0.25, 0.3) is 5.56 Å². The van der Waals surface area contributed by atoms with Crippen molar-refractivity contribution in [3.63, 3.8) is 0 Å². The van der Waals surface area contributed by atoms with Crippen molar-refractivity contribution in [2.75, 3.05) is 18.5 Å². The fraction of sp³-hybridized carbons (Fsp3) is 0.353. The molecule has 0 atom stereocenters. The Morgan fingerprint density at radius 3 is 2.57 bits per heavy atom. The van der Waals surface area contributed by atoms with Gasteiger partial charge in [-0.3, -0.25) is 4.79 Å². The zero-order chi connectivity index (χ0) is 15.2. The van der Waals surface area contributed by atoms with Gasteiger partial charge in [-0.1, -0.05) is 26.0 Å². The van der Waals surface area contributed by atoms with Crippen molar-refractivity contribution in [2.45, 2.75) is 25.8 Å². The Kier molecular flexibility index (Phi) is 3.12. The Morgan fingerprint density at radius 2 is 1.90 bits per heavy atom. The fourth-order valence-electron chi connectivity index (χ4n) is 3.08. The third-order valence-electron chi connectivity index (χ3n) is 4.14. The molecular formula is C17H19FN2O. The minimum Gasteiger partial charge on any atom is -0.372 e. The molecule has 3 rings (SSSR count). The predicted molar refractivity (Wildman–Crippen MR) is 82.5 cm³/mol. The first-order valence-electron chi connectivity index (χ1n) is 7.07. The van der Waals surface area contributed by atoms with Gasteiger partial charge in [-0.05, 0) is 23.3 Å². The highest BCUT2D eigenvalue weighted by atomic mass is 19.1. The second-order valence-electron chi connectivity index (χ2n) is 6.40. The quantitative estimate of drug-likeness (QED) is 0.848. The lowest BCUT2D eigenvalue weighted by atomic mass is 9.87. The summed E-state index contributed by atoms with van der Waals surface area (Å²) in [5.41, 5.74) is 3.10. The zero-order valence-corrected chi connectivity index (χ0v) is 12.6. The number of halogens is 1. The van der Waals surface area contributed by atoms with E-state index in [1.54, 1.807) is 22.8 Å². The van der Waals surface area contributed by atoms with Gasteiger partial charge in [0.15, 0.2) is 0 Å². The van der Waals surface area contributed by atoms with Gasteiger partial charge in [0.2, 0.25) is 0 Å². The first-order valence-corrected chi connectivity index (χ1v) is 7.07. The van der Waals surface area contributed by atoms with Gasteiger partial charge in [-0.25, -0.2) is 4.39 Å². The molecule has 110 valence electrons. The van der Waals surface area contributed by atoms with Crippen molar-refractivity contribution < 1.29 is 4.39 Å². The number of fused-ring (bicyclic) bond motifs is 1. The number of hydrogen-bond acceptors (Lipinski definition) is 2. The van der Waals surface area contributed by atoms with Gasteiger partial charge in [0.05, 0.1) is 12.2 Å². The highest BCUT2D eigenvalue weighted by Gasteiger charge is 2.34. The SMILES string of the molecule is CN1CC(C)(C)c2cc(=O)n(Cc3ccc(F)cc3)cc21. The van der Waals surface area contributed by atoms with Crippen molar-refractivity contribution >= 4 is 5.69 Å². The van der Waals surface area contributed by atoms with Gasteiger partial charge in [-0.2, -0.15) is 0 Å². The number of anilines is 1. The Morgan fingerprint density at radius 1 is 1.24 bits per heavy atom. The third-order valence-corrected chi connectivity index (χ3v) is 4.14. The standard InChI is InChI=1S/C17H19FN2O/c1-17(2)11-19(3)15-10-20(16(21)8-14(15)17)9-12-4-6-13(18)7-5-12/h4-8,10H,9,11H2,1-3H3. The normalized spacial score (nSPS) is 16.1. The molecule has 4 heteroatoms. The van der Waals surface area contributed by atoms with Crippen LogP contribution in [0.25, 0.3) is 0 Å². The summed E-state index contributed by atoms with van der Waals surface area (Å²) in [7, 11) is 2.04. The van der Waals surface area contributed by atoms with E-state index in [0.717, 1.165) is 23.4 Å². The number of aromatic nitrogens is 1. The van der Waals surface area contributed by atoms with Gasteiger partial charge >= 0.3 is 0 Å². The van der Waals surface area contributed by atoms with E-state index >= 15 is 0 Å².